The molecule has 0 heterocycles. The third-order valence-electron chi connectivity index (χ3n) is 3.24. The van der Waals surface area contributed by atoms with Crippen molar-refractivity contribution in [1.29, 1.82) is 0 Å². The largest absolute Gasteiger partial charge is 0.336 e. The molecule has 5 heteroatoms. The second-order valence-electron chi connectivity index (χ2n) is 5.79. The molecule has 0 bridgehead atoms. The molecule has 0 fully saturated rings. The van der Waals surface area contributed by atoms with Gasteiger partial charge >= 0.3 is 0 Å². The van der Waals surface area contributed by atoms with E-state index in [0.29, 0.717) is 16.9 Å². The van der Waals surface area contributed by atoms with E-state index in [-0.39, 0.29) is 11.8 Å². The molecule has 0 saturated carbocycles. The summed E-state index contributed by atoms with van der Waals surface area (Å²) in [6, 6.07) is 14.6. The van der Waals surface area contributed by atoms with E-state index in [2.05, 4.69) is 24.7 Å². The molecule has 2 amide bonds. The lowest BCUT2D eigenvalue weighted by atomic mass is 10.1. The fourth-order valence-electron chi connectivity index (χ4n) is 2.23. The summed E-state index contributed by atoms with van der Waals surface area (Å²) in [6.07, 6.45) is 0. The summed E-state index contributed by atoms with van der Waals surface area (Å²) >= 11 is 0. The van der Waals surface area contributed by atoms with Crippen molar-refractivity contribution in [3.63, 3.8) is 0 Å². The number of quaternary nitrogens is 1. The van der Waals surface area contributed by atoms with E-state index < -0.39 is 0 Å². The number of carbonyl (C=O) groups excluding carboxylic acids is 2. The first-order valence-corrected chi connectivity index (χ1v) is 7.51. The first kappa shape index (κ1) is 16.7. The summed E-state index contributed by atoms with van der Waals surface area (Å²) in [5, 5.41) is 5.53. The first-order valence-electron chi connectivity index (χ1n) is 7.51. The van der Waals surface area contributed by atoms with Gasteiger partial charge in [-0.15, -0.1) is 0 Å². The summed E-state index contributed by atoms with van der Waals surface area (Å²) in [6.45, 7) is 2.38. The molecule has 0 unspecified atom stereocenters. The number of hydrogen-bond acceptors (Lipinski definition) is 2. The summed E-state index contributed by atoms with van der Waals surface area (Å²) in [4.78, 5) is 24.5. The minimum Gasteiger partial charge on any atom is -0.336 e. The van der Waals surface area contributed by atoms with Crippen LogP contribution in [-0.4, -0.2) is 25.9 Å². The van der Waals surface area contributed by atoms with Crippen molar-refractivity contribution in [1.82, 2.24) is 0 Å². The van der Waals surface area contributed by atoms with E-state index in [4.69, 9.17) is 0 Å². The molecule has 23 heavy (non-hydrogen) atoms. The monoisotopic (exact) mass is 312 g/mol. The van der Waals surface area contributed by atoms with Crippen molar-refractivity contribution >= 4 is 23.2 Å². The highest BCUT2D eigenvalue weighted by Gasteiger charge is 2.07. The van der Waals surface area contributed by atoms with Crippen LogP contribution in [0.15, 0.2) is 48.5 Å². The van der Waals surface area contributed by atoms with Gasteiger partial charge in [0.2, 0.25) is 5.91 Å². The molecule has 2 aromatic rings. The molecule has 0 aromatic heterocycles. The number of rotatable bonds is 5. The number of anilines is 2. The highest BCUT2D eigenvalue weighted by Crippen LogP contribution is 2.15. The predicted octanol–water partition coefficient (Wildman–Crippen LogP) is 1.54. The zero-order valence-electron chi connectivity index (χ0n) is 13.6. The number of hydrogen-bond donors (Lipinski definition) is 3. The van der Waals surface area contributed by atoms with Crippen LogP contribution in [-0.2, 0) is 11.3 Å². The van der Waals surface area contributed by atoms with Gasteiger partial charge in [-0.05, 0) is 36.4 Å². The molecule has 0 atom stereocenters. The molecular formula is C18H22N3O2+. The minimum atomic E-state index is -0.152. The molecule has 2 aromatic carbocycles. The Morgan fingerprint density at radius 2 is 1.39 bits per heavy atom. The average molecular weight is 312 g/mol. The van der Waals surface area contributed by atoms with Gasteiger partial charge < -0.3 is 15.5 Å². The number of amides is 2. The minimum absolute atomic E-state index is 0.124. The van der Waals surface area contributed by atoms with Crippen molar-refractivity contribution in [2.24, 2.45) is 0 Å². The van der Waals surface area contributed by atoms with Crippen LogP contribution in [0, 0.1) is 0 Å². The van der Waals surface area contributed by atoms with Crippen LogP contribution >= 0.6 is 0 Å². The van der Waals surface area contributed by atoms with Gasteiger partial charge in [0.25, 0.3) is 5.91 Å². The Bertz CT molecular complexity index is 676. The molecule has 0 aliphatic heterocycles. The lowest BCUT2D eigenvalue weighted by Crippen LogP contribution is -3.04. The van der Waals surface area contributed by atoms with Crippen LogP contribution < -0.4 is 15.5 Å². The Balaban J connectivity index is 1.99. The molecule has 2 rings (SSSR count). The second kappa shape index (κ2) is 7.56. The van der Waals surface area contributed by atoms with Crippen LogP contribution in [0.25, 0.3) is 0 Å². The lowest BCUT2D eigenvalue weighted by Gasteiger charge is -2.09. The van der Waals surface area contributed by atoms with Crippen molar-refractivity contribution in [2.45, 2.75) is 13.5 Å². The fourth-order valence-corrected chi connectivity index (χ4v) is 2.23. The molecule has 0 aliphatic carbocycles. The zero-order chi connectivity index (χ0) is 16.8. The first-order chi connectivity index (χ1) is 10.9. The highest BCUT2D eigenvalue weighted by molar-refractivity contribution is 6.04. The van der Waals surface area contributed by atoms with E-state index >= 15 is 0 Å². The number of nitrogens with one attached hydrogen (secondary N) is 3. The van der Waals surface area contributed by atoms with Gasteiger partial charge in [0.15, 0.2) is 0 Å². The maximum absolute atomic E-state index is 12.2. The van der Waals surface area contributed by atoms with Gasteiger partial charge in [0, 0.05) is 29.4 Å². The Morgan fingerprint density at radius 3 is 1.87 bits per heavy atom. The highest BCUT2D eigenvalue weighted by atomic mass is 16.2. The van der Waals surface area contributed by atoms with Crippen molar-refractivity contribution in [3.05, 3.63) is 59.7 Å². The molecular weight excluding hydrogens is 290 g/mol. The maximum atomic E-state index is 12.2. The number of benzene rings is 2. The average Bonchev–Trinajstić information content (AvgIpc) is 2.49. The lowest BCUT2D eigenvalue weighted by molar-refractivity contribution is -0.872. The van der Waals surface area contributed by atoms with Gasteiger partial charge in [-0.2, -0.15) is 0 Å². The van der Waals surface area contributed by atoms with Crippen LogP contribution in [0.3, 0.4) is 0 Å². The third kappa shape index (κ3) is 5.23. The normalized spacial score (nSPS) is 10.4. The van der Waals surface area contributed by atoms with Crippen LogP contribution in [0.4, 0.5) is 11.4 Å². The topological polar surface area (TPSA) is 62.6 Å². The maximum Gasteiger partial charge on any atom is 0.255 e. The smallest absolute Gasteiger partial charge is 0.255 e. The predicted molar refractivity (Wildman–Crippen MR) is 91.7 cm³/mol. The van der Waals surface area contributed by atoms with E-state index in [1.807, 2.05) is 24.3 Å². The van der Waals surface area contributed by atoms with Crippen LogP contribution in [0.5, 0.6) is 0 Å². The van der Waals surface area contributed by atoms with Gasteiger partial charge in [-0.3, -0.25) is 9.59 Å². The molecule has 3 N–H and O–H groups in total. The van der Waals surface area contributed by atoms with Gasteiger partial charge in [0.05, 0.1) is 14.1 Å². The van der Waals surface area contributed by atoms with Crippen LogP contribution in [0.2, 0.25) is 0 Å². The fraction of sp³-hybridized carbons (Fsp3) is 0.222. The Morgan fingerprint density at radius 1 is 0.870 bits per heavy atom. The van der Waals surface area contributed by atoms with Crippen molar-refractivity contribution in [3.8, 4) is 0 Å². The second-order valence-corrected chi connectivity index (χ2v) is 5.79. The summed E-state index contributed by atoms with van der Waals surface area (Å²) < 4.78 is 0. The Kier molecular flexibility index (Phi) is 5.49. The van der Waals surface area contributed by atoms with Crippen molar-refractivity contribution < 1.29 is 14.5 Å². The third-order valence-corrected chi connectivity index (χ3v) is 3.24. The Hall–Kier alpha value is -2.66. The quantitative estimate of drug-likeness (QED) is 0.784. The van der Waals surface area contributed by atoms with Gasteiger partial charge in [-0.25, -0.2) is 0 Å². The summed E-state index contributed by atoms with van der Waals surface area (Å²) in [5.41, 5.74) is 3.20. The summed E-state index contributed by atoms with van der Waals surface area (Å²) in [5.74, 6) is -0.275. The molecule has 0 spiro atoms. The van der Waals surface area contributed by atoms with Crippen molar-refractivity contribution in [2.75, 3.05) is 24.7 Å². The van der Waals surface area contributed by atoms with E-state index in [0.717, 1.165) is 6.54 Å². The molecule has 0 saturated heterocycles. The SMILES string of the molecule is CC(=O)Nc1ccc(NC(=O)c2ccc(C[NH+](C)C)cc2)cc1. The molecule has 0 aliphatic rings. The summed E-state index contributed by atoms with van der Waals surface area (Å²) in [7, 11) is 4.18. The zero-order valence-corrected chi connectivity index (χ0v) is 13.6. The molecule has 5 nitrogen and oxygen atoms in total. The Labute approximate surface area is 136 Å². The molecule has 120 valence electrons. The molecule has 0 radical (unpaired) electrons. The van der Waals surface area contributed by atoms with E-state index in [9.17, 15) is 9.59 Å². The van der Waals surface area contributed by atoms with Crippen LogP contribution in [0.1, 0.15) is 22.8 Å². The standard InChI is InChI=1S/C18H21N3O2/c1-13(22)19-16-8-10-17(11-9-16)20-18(23)15-6-4-14(5-7-15)12-21(2)3/h4-11H,12H2,1-3H3,(H,19,22)(H,20,23)/p+1. The van der Waals surface area contributed by atoms with Gasteiger partial charge in [-0.1, -0.05) is 12.1 Å². The van der Waals surface area contributed by atoms with E-state index in [1.54, 1.807) is 24.3 Å². The number of carbonyl (C=O) groups is 2. The van der Waals surface area contributed by atoms with E-state index in [1.165, 1.54) is 17.4 Å². The van der Waals surface area contributed by atoms with Gasteiger partial charge in [0.1, 0.15) is 6.54 Å².